The van der Waals surface area contributed by atoms with E-state index in [1.165, 1.54) is 29.5 Å². The van der Waals surface area contributed by atoms with Crippen molar-refractivity contribution in [3.8, 4) is 17.6 Å². The number of amides is 6. The van der Waals surface area contributed by atoms with Crippen LogP contribution in [-0.4, -0.2) is 141 Å². The highest BCUT2D eigenvalue weighted by molar-refractivity contribution is 7.10. The number of Topliss-reactive ketones (excluding diaryl/α,β-unsaturated/α-hetero) is 2. The number of alkyl carbamates (subject to hydrolysis) is 1. The van der Waals surface area contributed by atoms with E-state index < -0.39 is 60.2 Å². The van der Waals surface area contributed by atoms with Gasteiger partial charge in [0.1, 0.15) is 12.4 Å². The summed E-state index contributed by atoms with van der Waals surface area (Å²) in [5, 5.41) is 38.3. The monoisotopic (exact) mass is 1660 g/mol. The van der Waals surface area contributed by atoms with Crippen LogP contribution >= 0.6 is 34.3 Å². The third-order valence-corrected chi connectivity index (χ3v) is 22.8. The number of urea groups is 2. The number of esters is 1. The Labute approximate surface area is 697 Å². The summed E-state index contributed by atoms with van der Waals surface area (Å²) < 4.78 is 56.9. The molecule has 3 aliphatic rings. The number of benzene rings is 6. The molecule has 6 unspecified atom stereocenters. The van der Waals surface area contributed by atoms with Gasteiger partial charge in [-0.15, -0.1) is 22.7 Å². The van der Waals surface area contributed by atoms with E-state index in [9.17, 15) is 56.9 Å². The lowest BCUT2D eigenvalue weighted by Crippen LogP contribution is -2.55. The number of fused-ring (bicyclic) bond motifs is 1. The molecule has 1 saturated heterocycles. The summed E-state index contributed by atoms with van der Waals surface area (Å²) in [7, 11) is 1.70. The lowest BCUT2D eigenvalue weighted by Gasteiger charge is -2.37. The smallest absolute Gasteiger partial charge is 0.445 e. The predicted molar refractivity (Wildman–Crippen MR) is 448 cm³/mol. The Morgan fingerprint density at radius 3 is 1.79 bits per heavy atom. The number of thiazole rings is 2. The maximum atomic E-state index is 14.0. The van der Waals surface area contributed by atoms with E-state index in [1.54, 1.807) is 39.9 Å². The van der Waals surface area contributed by atoms with E-state index in [0.29, 0.717) is 63.4 Å². The van der Waals surface area contributed by atoms with Crippen LogP contribution in [-0.2, 0) is 79.5 Å². The molecule has 0 bridgehead atoms. The van der Waals surface area contributed by atoms with Gasteiger partial charge in [-0.25, -0.2) is 19.4 Å². The van der Waals surface area contributed by atoms with Gasteiger partial charge in [0.25, 0.3) is 11.5 Å². The van der Waals surface area contributed by atoms with Gasteiger partial charge >= 0.3 is 30.3 Å². The minimum absolute atomic E-state index is 0.00849. The Bertz CT molecular complexity index is 4590. The number of para-hydroxylation sites is 1. The topological polar surface area (TPSA) is 268 Å². The molecule has 1 aliphatic carbocycles. The van der Waals surface area contributed by atoms with Gasteiger partial charge in [-0.2, -0.15) is 13.2 Å². The van der Waals surface area contributed by atoms with E-state index in [0.717, 1.165) is 68.2 Å². The van der Waals surface area contributed by atoms with Crippen LogP contribution in [0.3, 0.4) is 0 Å². The summed E-state index contributed by atoms with van der Waals surface area (Å²) in [6.07, 6.45) is -0.799. The molecule has 20 nitrogen and oxygen atoms in total. The maximum absolute atomic E-state index is 14.0. The van der Waals surface area contributed by atoms with E-state index in [1.807, 2.05) is 186 Å². The molecule has 6 N–H and O–H groups in total. The first-order chi connectivity index (χ1) is 55.9. The summed E-state index contributed by atoms with van der Waals surface area (Å²) in [5.74, 6) is 3.61. The number of hydrogen-bond donors (Lipinski definition) is 6. The SMILES string of the molecule is CC(C)c1nc(CN(C)C(=O)N[C@H](C(=O)C[C@@H](Cc2ccccc2)C[C@H](O)C(Cc2ccccc2)NC(=O)OCc2cncs2)C(C)C)cs1.Cc1cccc(C)c1OCC(=O)NC(Cc1ccccc1)C(O)CC(CC(=O)C(C(C)C)N1CCCNC1=O)Cc1ccccc1.O=C1Cc2ccc(Cl)cc2C(C#CC2CC2)(C(F)(F)F)O1. The van der Waals surface area contributed by atoms with Gasteiger partial charge in [-0.3, -0.25) is 24.2 Å². The first-order valence-corrected chi connectivity index (χ1v) is 42.0. The Morgan fingerprint density at radius 1 is 0.726 bits per heavy atom. The van der Waals surface area contributed by atoms with Crippen molar-refractivity contribution in [2.24, 2.45) is 29.6 Å². The third kappa shape index (κ3) is 27.8. The summed E-state index contributed by atoms with van der Waals surface area (Å²) in [4.78, 5) is 104. The van der Waals surface area contributed by atoms with Crippen LogP contribution in [0.4, 0.5) is 27.6 Å². The van der Waals surface area contributed by atoms with Crippen molar-refractivity contribution in [3.63, 3.8) is 0 Å². The highest BCUT2D eigenvalue weighted by Crippen LogP contribution is 2.47. The molecule has 8 aromatic rings. The zero-order chi connectivity index (χ0) is 84.3. The summed E-state index contributed by atoms with van der Waals surface area (Å²) >= 11 is 8.78. The number of ketones is 2. The van der Waals surface area contributed by atoms with Gasteiger partial charge in [-0.05, 0) is 152 Å². The highest BCUT2D eigenvalue weighted by atomic mass is 35.5. The number of ether oxygens (including phenoxy) is 3. The molecular formula is C91H108ClF3N8O12S2. The fourth-order valence-corrected chi connectivity index (χ4v) is 16.0. The quantitative estimate of drug-likeness (QED) is 0.0162. The molecule has 26 heteroatoms. The molecule has 624 valence electrons. The fraction of sp³-hybridized carbons (Fsp3) is 0.440. The first-order valence-electron chi connectivity index (χ1n) is 39.9. The lowest BCUT2D eigenvalue weighted by molar-refractivity contribution is -0.256. The molecule has 2 fully saturated rings. The molecule has 2 aliphatic heterocycles. The zero-order valence-corrected chi connectivity index (χ0v) is 70.2. The number of cyclic esters (lactones) is 1. The second kappa shape index (κ2) is 44.0. The number of aliphatic hydroxyl groups is 2. The van der Waals surface area contributed by atoms with E-state index in [-0.39, 0.29) is 114 Å². The van der Waals surface area contributed by atoms with Gasteiger partial charge in [0.2, 0.25) is 0 Å². The Morgan fingerprint density at radius 2 is 1.28 bits per heavy atom. The third-order valence-electron chi connectivity index (χ3n) is 20.6. The van der Waals surface area contributed by atoms with Crippen LogP contribution in [0.2, 0.25) is 5.02 Å². The van der Waals surface area contributed by atoms with Gasteiger partial charge in [0.15, 0.2) is 18.2 Å². The average molecular weight is 1660 g/mol. The second-order valence-corrected chi connectivity index (χ2v) is 33.7. The molecule has 6 amide bonds. The number of carbonyl (C=O) groups is 7. The second-order valence-electron chi connectivity index (χ2n) is 31.4. The highest BCUT2D eigenvalue weighted by Gasteiger charge is 2.62. The molecule has 117 heavy (non-hydrogen) atoms. The first kappa shape index (κ1) is 90.9. The van der Waals surface area contributed by atoms with Gasteiger partial charge in [0.05, 0.1) is 70.4 Å². The molecule has 0 spiro atoms. The van der Waals surface area contributed by atoms with Crippen LogP contribution in [0.25, 0.3) is 0 Å². The van der Waals surface area contributed by atoms with Crippen LogP contribution in [0.5, 0.6) is 5.75 Å². The van der Waals surface area contributed by atoms with Crippen molar-refractivity contribution >= 4 is 75.9 Å². The number of hydrogen-bond acceptors (Lipinski definition) is 16. The molecule has 2 aromatic heterocycles. The van der Waals surface area contributed by atoms with E-state index >= 15 is 0 Å². The average Bonchev–Trinajstić information content (AvgIpc) is 1.36. The van der Waals surface area contributed by atoms with Gasteiger partial charge in [0, 0.05) is 67.0 Å². The maximum Gasteiger partial charge on any atom is 0.445 e. The van der Waals surface area contributed by atoms with Crippen LogP contribution in [0, 0.1) is 55.3 Å². The fourth-order valence-electron chi connectivity index (χ4n) is 14.5. The van der Waals surface area contributed by atoms with Crippen molar-refractivity contribution in [1.29, 1.82) is 0 Å². The Hall–Kier alpha value is -9.97. The number of carbonyl (C=O) groups excluding carboxylic acids is 7. The van der Waals surface area contributed by atoms with Crippen LogP contribution < -0.4 is 26.0 Å². The van der Waals surface area contributed by atoms with E-state index in [4.69, 9.17) is 25.8 Å². The molecule has 4 heterocycles. The number of aryl methyl sites for hydroxylation is 2. The van der Waals surface area contributed by atoms with Gasteiger partial charge in [-0.1, -0.05) is 205 Å². The van der Waals surface area contributed by atoms with Crippen LogP contribution in [0.15, 0.2) is 175 Å². The molecule has 9 atom stereocenters. The van der Waals surface area contributed by atoms with Gasteiger partial charge < -0.3 is 55.5 Å². The number of alkyl halides is 3. The molecule has 11 rings (SSSR count). The largest absolute Gasteiger partial charge is 0.483 e. The summed E-state index contributed by atoms with van der Waals surface area (Å²) in [6, 6.07) is 45.9. The number of halogens is 4. The number of aromatic nitrogens is 2. The molecule has 1 saturated carbocycles. The Balaban J connectivity index is 0.000000215. The number of nitrogens with one attached hydrogen (secondary N) is 4. The standard InChI is InChI=1S/C38H49N5O5S2.C38H49N3O5.C15H10ClF3O2/c1-25(2)35(42-37(46)43(5)21-30-23-49-36(40-30)26(3)4)34(45)19-29(16-27-12-8-6-9-13-27)18-33(44)32(17-28-14-10-7-11-15-28)41-38(47)48-22-31-20-39-24-50-31;1-26(2)36(41-20-12-19-39-38(41)45)34(43)24-31(21-29-15-7-5-8-16-29)23-33(42)32(22-30-17-9-6-10-18-30)40-35(44)25-46-37-27(3)13-11-14-28(37)4;16-11-4-3-10-7-13(20)21-14(12(10)8-11,15(17,18)19)6-5-9-1-2-9/h6-15,20,23-26,29,32-33,35,44H,16-19,21-22H2,1-5H3,(H,41,47)(H,42,46);5-11,13-18,26,31-33,36,42H,12,19-25H2,1-4H3,(H,39,45)(H,40,44);3-4,8-9H,1-2,7H2/t29-,32?,33-,35-;;/m0../s1. The minimum atomic E-state index is -4.83. The molecule has 6 aromatic carbocycles. The van der Waals surface area contributed by atoms with E-state index in [2.05, 4.69) is 56.9 Å². The normalized spacial score (nSPS) is 16.5. The summed E-state index contributed by atoms with van der Waals surface area (Å²) in [5.41, 5.74) is 5.55. The summed E-state index contributed by atoms with van der Waals surface area (Å²) in [6.45, 7) is 17.2. The van der Waals surface area contributed by atoms with Crippen molar-refractivity contribution < 1.29 is 71.2 Å². The predicted octanol–water partition coefficient (Wildman–Crippen LogP) is 16.0. The molecular weight excluding hydrogens is 1550 g/mol. The number of rotatable bonds is 34. The molecule has 0 radical (unpaired) electrons. The van der Waals surface area contributed by atoms with Crippen molar-refractivity contribution in [3.05, 3.63) is 240 Å². The number of aliphatic hydroxyl groups excluding tert-OH is 2. The minimum Gasteiger partial charge on any atom is -0.483 e. The zero-order valence-electron chi connectivity index (χ0n) is 67.8. The van der Waals surface area contributed by atoms with Crippen LogP contribution in [0.1, 0.15) is 152 Å². The lowest BCUT2D eigenvalue weighted by atomic mass is 9.83. The Kier molecular flexibility index (Phi) is 34.2. The van der Waals surface area contributed by atoms with Crippen molar-refractivity contribution in [2.45, 2.75) is 200 Å². The van der Waals surface area contributed by atoms with Crippen molar-refractivity contribution in [1.82, 2.24) is 41.0 Å². The number of nitrogens with zero attached hydrogens (tertiary/aromatic N) is 4. The van der Waals surface area contributed by atoms with Crippen molar-refractivity contribution in [2.75, 3.05) is 26.7 Å².